The highest BCUT2D eigenvalue weighted by Crippen LogP contribution is 2.41. The van der Waals surface area contributed by atoms with E-state index in [1.165, 1.54) is 38.4 Å². The van der Waals surface area contributed by atoms with Gasteiger partial charge in [0.15, 0.2) is 5.84 Å². The van der Waals surface area contributed by atoms with Crippen LogP contribution < -0.4 is 19.5 Å². The van der Waals surface area contributed by atoms with Gasteiger partial charge in [-0.1, -0.05) is 84.9 Å². The molecule has 0 saturated carbocycles. The fourth-order valence-corrected chi connectivity index (χ4v) is 12.7. The number of benzene rings is 6. The Morgan fingerprint density at radius 3 is 2.01 bits per heavy atom. The number of methoxy groups -OCH3 is 2. The summed E-state index contributed by atoms with van der Waals surface area (Å²) < 4.78 is 89.9. The molecule has 1 aliphatic heterocycles. The number of rotatable bonds is 22. The molecule has 1 aliphatic rings. The van der Waals surface area contributed by atoms with Crippen molar-refractivity contribution in [1.82, 2.24) is 34.4 Å². The lowest BCUT2D eigenvalue weighted by Gasteiger charge is -2.38. The number of para-hydroxylation sites is 1. The lowest BCUT2D eigenvalue weighted by molar-refractivity contribution is -0.144. The van der Waals surface area contributed by atoms with E-state index in [9.17, 15) is 14.7 Å². The minimum absolute atomic E-state index is 0.0893. The lowest BCUT2D eigenvalue weighted by Crippen LogP contribution is -2.48. The van der Waals surface area contributed by atoms with Crippen molar-refractivity contribution >= 4 is 54.8 Å². The van der Waals surface area contributed by atoms with Gasteiger partial charge in [-0.25, -0.2) is 41.1 Å². The molecule has 0 aliphatic carbocycles. The summed E-state index contributed by atoms with van der Waals surface area (Å²) in [5.74, 6) is 0.889. The summed E-state index contributed by atoms with van der Waals surface area (Å²) in [6.45, 7) is 9.23. The van der Waals surface area contributed by atoms with E-state index in [1.54, 1.807) is 126 Å². The van der Waals surface area contributed by atoms with Gasteiger partial charge in [0, 0.05) is 37.3 Å². The Morgan fingerprint density at radius 2 is 1.41 bits per heavy atom. The van der Waals surface area contributed by atoms with E-state index in [4.69, 9.17) is 33.8 Å². The Balaban J connectivity index is 1.42. The van der Waals surface area contributed by atoms with Crippen LogP contribution in [0.1, 0.15) is 81.2 Å². The summed E-state index contributed by atoms with van der Waals surface area (Å²) >= 11 is 0. The number of carboxylic acid groups (broad SMARTS) is 1. The van der Waals surface area contributed by atoms with Crippen LogP contribution in [-0.4, -0.2) is 116 Å². The minimum Gasteiger partial charge on any atom is -0.497 e. The highest BCUT2D eigenvalue weighted by molar-refractivity contribution is 7.92. The van der Waals surface area contributed by atoms with E-state index in [-0.39, 0.29) is 73.3 Å². The number of alkyl carbamates (subject to hydrolysis) is 1. The number of aromatic amines is 1. The second-order valence-electron chi connectivity index (χ2n) is 21.3. The second kappa shape index (κ2) is 25.9. The number of aliphatic imine (C=N–C) groups is 1. The number of sulfonamides is 2. The number of imidazole rings is 1. The van der Waals surface area contributed by atoms with Crippen molar-refractivity contribution in [3.05, 3.63) is 167 Å². The van der Waals surface area contributed by atoms with Gasteiger partial charge in [0.2, 0.25) is 20.0 Å². The first kappa shape index (κ1) is 60.8. The number of ether oxygens (including phenoxy) is 4. The number of fused-ring (bicyclic) bond motifs is 3. The molecular formula is C59H68N10O12S2. The average molecular weight is 1170 g/mol. The highest BCUT2D eigenvalue weighted by atomic mass is 32.2. The van der Waals surface area contributed by atoms with Crippen LogP contribution in [0.4, 0.5) is 15.3 Å². The Morgan fingerprint density at radius 1 is 0.759 bits per heavy atom. The second-order valence-corrected chi connectivity index (χ2v) is 24.9. The zero-order valence-corrected chi connectivity index (χ0v) is 49.2. The van der Waals surface area contributed by atoms with E-state index in [1.807, 2.05) is 36.4 Å². The van der Waals surface area contributed by atoms with Crippen molar-refractivity contribution in [3.63, 3.8) is 0 Å². The standard InChI is InChI=1S/C59H68N10O12S2/c1-58(2,3)69(57(71)72)49(38-80-37-41-15-11-10-12-16-41)54-63-48-20-14-19-47(52(48)64-54)46-29-30-50(82(73,74)61-32-31-60-56(70)81-59(4,5)6)53(51(46)55-62-43-18-13-17-42(33-43)36-68(79-9)66-65-55)83(75,76)67(34-39-21-25-44(77-7)26-22-39)35-40-23-27-45(78-8)28-24-40/h10-30,33,49,61H,31-32,34-38H2,1-9H3,(H,60,70)(H,63,64)(H,71,72)/t49-/m0/s1. The van der Waals surface area contributed by atoms with E-state index < -0.39 is 65.8 Å². The van der Waals surface area contributed by atoms with Crippen LogP contribution in [0.2, 0.25) is 0 Å². The van der Waals surface area contributed by atoms with Gasteiger partial charge in [-0.15, -0.1) is 10.3 Å². The molecule has 83 heavy (non-hydrogen) atoms. The fraction of sp³-hybridized carbons (Fsp3) is 0.322. The highest BCUT2D eigenvalue weighted by Gasteiger charge is 2.40. The molecule has 0 spiro atoms. The maximum Gasteiger partial charge on any atom is 0.408 e. The summed E-state index contributed by atoms with van der Waals surface area (Å²) in [5.41, 5.74) is 1.81. The summed E-state index contributed by atoms with van der Waals surface area (Å²) in [5, 5.41) is 23.6. The predicted molar refractivity (Wildman–Crippen MR) is 312 cm³/mol. The maximum atomic E-state index is 16.6. The van der Waals surface area contributed by atoms with Crippen LogP contribution in [0, 0.1) is 0 Å². The number of hydroxylamine groups is 1. The molecule has 0 fully saturated rings. The molecule has 2 heterocycles. The van der Waals surface area contributed by atoms with E-state index in [0.717, 1.165) is 15.0 Å². The number of amidine groups is 1. The zero-order chi connectivity index (χ0) is 59.7. The quantitative estimate of drug-likeness (QED) is 0.0460. The van der Waals surface area contributed by atoms with Gasteiger partial charge in [0.1, 0.15) is 38.8 Å². The molecule has 2 amide bonds. The molecule has 6 aromatic carbocycles. The normalized spacial score (nSPS) is 13.4. The molecule has 22 nitrogen and oxygen atoms in total. The topological polar surface area (TPSA) is 268 Å². The summed E-state index contributed by atoms with van der Waals surface area (Å²) in [4.78, 5) is 44.8. The van der Waals surface area contributed by atoms with Crippen LogP contribution in [0.5, 0.6) is 11.5 Å². The number of nitrogens with one attached hydrogen (secondary N) is 3. The largest absolute Gasteiger partial charge is 0.497 e. The number of carbonyl (C=O) groups is 2. The fourth-order valence-electron chi connectivity index (χ4n) is 9.25. The molecular weight excluding hydrogens is 1100 g/mol. The number of nitrogens with zero attached hydrogens (tertiary/aromatic N) is 7. The van der Waals surface area contributed by atoms with E-state index in [2.05, 4.69) is 25.4 Å². The van der Waals surface area contributed by atoms with Crippen LogP contribution >= 0.6 is 0 Å². The van der Waals surface area contributed by atoms with Crippen LogP contribution in [0.3, 0.4) is 0 Å². The molecule has 2 bridgehead atoms. The van der Waals surface area contributed by atoms with Crippen LogP contribution in [0.25, 0.3) is 22.2 Å². The third-order valence-electron chi connectivity index (χ3n) is 13.0. The lowest BCUT2D eigenvalue weighted by atomic mass is 9.97. The van der Waals surface area contributed by atoms with Gasteiger partial charge in [-0.3, -0.25) is 9.74 Å². The van der Waals surface area contributed by atoms with Gasteiger partial charge in [-0.2, -0.15) is 4.31 Å². The first-order chi connectivity index (χ1) is 39.5. The maximum absolute atomic E-state index is 16.6. The number of carbonyl (C=O) groups excluding carboxylic acids is 1. The smallest absolute Gasteiger partial charge is 0.408 e. The SMILES string of the molecule is COc1ccc(CN(Cc2ccc(OC)cc2)S(=O)(=O)c2c(S(=O)(=O)NCCNC(=O)OC(C)(C)C)ccc(-c3cccc4[nH]c([C@H](COCc5ccccc5)N(C(=O)O)C(C)(C)C)nc34)c2C2=Nc3cccc(c3)CN(OC)N=N2)cc1. The predicted octanol–water partition coefficient (Wildman–Crippen LogP) is 10.3. The summed E-state index contributed by atoms with van der Waals surface area (Å²) in [6, 6.07) is 36.7. The van der Waals surface area contributed by atoms with Crippen LogP contribution in [0.15, 0.2) is 159 Å². The molecule has 0 unspecified atom stereocenters. The van der Waals surface area contributed by atoms with Crippen molar-refractivity contribution in [1.29, 1.82) is 0 Å². The van der Waals surface area contributed by atoms with Crippen molar-refractivity contribution < 1.29 is 55.3 Å². The number of amides is 2. The monoisotopic (exact) mass is 1170 g/mol. The van der Waals surface area contributed by atoms with Crippen molar-refractivity contribution in [3.8, 4) is 22.6 Å². The first-order valence-electron chi connectivity index (χ1n) is 26.4. The Kier molecular flexibility index (Phi) is 19.0. The summed E-state index contributed by atoms with van der Waals surface area (Å²) in [7, 11) is -5.66. The van der Waals surface area contributed by atoms with Crippen molar-refractivity contribution in [2.45, 2.75) is 94.8 Å². The molecule has 1 aromatic heterocycles. The van der Waals surface area contributed by atoms with E-state index in [0.29, 0.717) is 39.4 Å². The van der Waals surface area contributed by atoms with Crippen LogP contribution in [-0.2, 0) is 60.6 Å². The molecule has 24 heteroatoms. The third-order valence-corrected chi connectivity index (χ3v) is 16.5. The number of hydrogen-bond donors (Lipinski definition) is 4. The molecule has 0 saturated heterocycles. The molecule has 438 valence electrons. The third kappa shape index (κ3) is 15.1. The molecule has 0 radical (unpaired) electrons. The molecule has 1 atom stereocenters. The Bertz CT molecular complexity index is 3670. The van der Waals surface area contributed by atoms with Gasteiger partial charge >= 0.3 is 12.2 Å². The van der Waals surface area contributed by atoms with Crippen molar-refractivity contribution in [2.24, 2.45) is 15.3 Å². The van der Waals surface area contributed by atoms with Gasteiger partial charge in [0.05, 0.1) is 63.4 Å². The average Bonchev–Trinajstić information content (AvgIpc) is 4.00. The number of hydrogen-bond acceptors (Lipinski definition) is 16. The van der Waals surface area contributed by atoms with E-state index >= 15 is 16.8 Å². The molecule has 4 N–H and O–H groups in total. The first-order valence-corrected chi connectivity index (χ1v) is 29.3. The van der Waals surface area contributed by atoms with Crippen molar-refractivity contribution in [2.75, 3.05) is 41.0 Å². The molecule has 7 aromatic rings. The molecule has 8 rings (SSSR count). The zero-order valence-electron chi connectivity index (χ0n) is 47.6. The Labute approximate surface area is 483 Å². The minimum atomic E-state index is -5.15. The summed E-state index contributed by atoms with van der Waals surface area (Å²) in [6.07, 6.45) is -2.03. The number of aromatic nitrogens is 2. The van der Waals surface area contributed by atoms with Gasteiger partial charge in [0.25, 0.3) is 0 Å². The number of H-pyrrole nitrogens is 1. The Hall–Kier alpha value is -8.26. The van der Waals surface area contributed by atoms with Gasteiger partial charge in [-0.05, 0) is 123 Å². The van der Waals surface area contributed by atoms with Gasteiger partial charge < -0.3 is 34.4 Å².